The molecule has 0 radical (unpaired) electrons. The van der Waals surface area contributed by atoms with Gasteiger partial charge in [0.15, 0.2) is 0 Å². The van der Waals surface area contributed by atoms with Gasteiger partial charge in [0.2, 0.25) is 5.91 Å². The Labute approximate surface area is 144 Å². The molecule has 0 saturated carbocycles. The molecule has 1 heterocycles. The largest absolute Gasteiger partial charge is 0.416 e. The highest BCUT2D eigenvalue weighted by molar-refractivity contribution is 5.78. The summed E-state index contributed by atoms with van der Waals surface area (Å²) in [5.74, 6) is 0.0423. The zero-order valence-electron chi connectivity index (χ0n) is 13.7. The lowest BCUT2D eigenvalue weighted by atomic mass is 10.0. The number of carbonyl (C=O) groups is 1. The second-order valence-corrected chi connectivity index (χ2v) is 6.27. The van der Waals surface area contributed by atoms with Crippen molar-refractivity contribution < 1.29 is 18.0 Å². The smallest absolute Gasteiger partial charge is 0.379 e. The van der Waals surface area contributed by atoms with E-state index in [2.05, 4.69) is 10.6 Å². The predicted octanol–water partition coefficient (Wildman–Crippen LogP) is 4.83. The molecule has 0 aliphatic carbocycles. The molecule has 2 aromatic carbocycles. The maximum atomic E-state index is 12.9. The lowest BCUT2D eigenvalue weighted by molar-refractivity contribution is -0.137. The number of carbonyl (C=O) groups excluding carboxylic acids is 1. The summed E-state index contributed by atoms with van der Waals surface area (Å²) in [7, 11) is 0. The van der Waals surface area contributed by atoms with E-state index in [1.54, 1.807) is 6.07 Å². The summed E-state index contributed by atoms with van der Waals surface area (Å²) in [6.45, 7) is 1.82. The summed E-state index contributed by atoms with van der Waals surface area (Å²) in [5, 5.41) is 6.15. The molecule has 1 aliphatic rings. The number of hydrogen-bond donors (Lipinski definition) is 2. The Bertz CT molecular complexity index is 773. The summed E-state index contributed by atoms with van der Waals surface area (Å²) >= 11 is 0. The molecule has 0 aromatic heterocycles. The van der Waals surface area contributed by atoms with Gasteiger partial charge in [0, 0.05) is 18.2 Å². The third-order valence-corrected chi connectivity index (χ3v) is 4.38. The van der Waals surface area contributed by atoms with Crippen LogP contribution in [0.4, 0.5) is 18.9 Å². The summed E-state index contributed by atoms with van der Waals surface area (Å²) < 4.78 is 38.6. The predicted molar refractivity (Wildman–Crippen MR) is 90.0 cm³/mol. The van der Waals surface area contributed by atoms with Crippen LogP contribution in [0.3, 0.4) is 0 Å². The fourth-order valence-corrected chi connectivity index (χ4v) is 3.03. The second-order valence-electron chi connectivity index (χ2n) is 6.27. The molecular weight excluding hydrogens is 329 g/mol. The van der Waals surface area contributed by atoms with E-state index in [1.165, 1.54) is 12.1 Å². The average Bonchev–Trinajstić information content (AvgIpc) is 3.01. The highest BCUT2D eigenvalue weighted by Gasteiger charge is 2.30. The lowest BCUT2D eigenvalue weighted by Gasteiger charge is -2.19. The van der Waals surface area contributed by atoms with Crippen LogP contribution in [-0.4, -0.2) is 5.91 Å². The maximum Gasteiger partial charge on any atom is 0.416 e. The second kappa shape index (κ2) is 6.78. The number of hydrogen-bond acceptors (Lipinski definition) is 2. The molecule has 0 bridgehead atoms. The summed E-state index contributed by atoms with van der Waals surface area (Å²) in [5.41, 5.74) is 1.71. The van der Waals surface area contributed by atoms with Gasteiger partial charge in [-0.1, -0.05) is 24.3 Å². The Morgan fingerprint density at radius 1 is 1.16 bits per heavy atom. The fraction of sp³-hybridized carbons (Fsp3) is 0.316. The van der Waals surface area contributed by atoms with Crippen molar-refractivity contribution in [1.82, 2.24) is 5.32 Å². The van der Waals surface area contributed by atoms with Crippen molar-refractivity contribution >= 4 is 11.6 Å². The average molecular weight is 348 g/mol. The van der Waals surface area contributed by atoms with Crippen molar-refractivity contribution in [2.75, 3.05) is 5.32 Å². The van der Waals surface area contributed by atoms with Crippen molar-refractivity contribution in [2.45, 2.75) is 38.0 Å². The van der Waals surface area contributed by atoms with Gasteiger partial charge in [-0.2, -0.15) is 13.2 Å². The van der Waals surface area contributed by atoms with Crippen LogP contribution >= 0.6 is 0 Å². The highest BCUT2D eigenvalue weighted by Crippen LogP contribution is 2.32. The molecule has 1 saturated heterocycles. The van der Waals surface area contributed by atoms with Crippen molar-refractivity contribution in [3.05, 3.63) is 65.2 Å². The minimum Gasteiger partial charge on any atom is -0.379 e. The first-order valence-corrected chi connectivity index (χ1v) is 8.16. The van der Waals surface area contributed by atoms with Crippen molar-refractivity contribution in [3.63, 3.8) is 0 Å². The number of amides is 1. The Hall–Kier alpha value is -2.50. The molecule has 3 nitrogen and oxygen atoms in total. The number of alkyl halides is 3. The highest BCUT2D eigenvalue weighted by atomic mass is 19.4. The van der Waals surface area contributed by atoms with E-state index in [0.717, 1.165) is 23.7 Å². The molecule has 6 heteroatoms. The van der Waals surface area contributed by atoms with Gasteiger partial charge < -0.3 is 10.6 Å². The van der Waals surface area contributed by atoms with Crippen LogP contribution in [0.5, 0.6) is 0 Å². The fourth-order valence-electron chi connectivity index (χ4n) is 3.03. The van der Waals surface area contributed by atoms with Crippen molar-refractivity contribution in [2.24, 2.45) is 0 Å². The first-order valence-electron chi connectivity index (χ1n) is 8.16. The molecule has 2 aromatic rings. The van der Waals surface area contributed by atoms with Crippen LogP contribution in [-0.2, 0) is 11.0 Å². The number of anilines is 1. The lowest BCUT2D eigenvalue weighted by Crippen LogP contribution is -2.18. The summed E-state index contributed by atoms with van der Waals surface area (Å²) in [6.07, 6.45) is -3.08. The SMILES string of the molecule is CC(Nc1cccc(C2CCC(=O)N2)c1)c1cccc(C(F)(F)F)c1. The van der Waals surface area contributed by atoms with Crippen LogP contribution < -0.4 is 10.6 Å². The summed E-state index contributed by atoms with van der Waals surface area (Å²) in [4.78, 5) is 11.4. The standard InChI is InChI=1S/C19H19F3N2O/c1-12(13-4-2-6-15(10-13)19(20,21)22)23-16-7-3-5-14(11-16)17-8-9-18(25)24-17/h2-7,10-12,17,23H,8-9H2,1H3,(H,24,25). The van der Waals surface area contributed by atoms with Crippen LogP contribution in [0, 0.1) is 0 Å². The molecule has 1 amide bonds. The van der Waals surface area contributed by atoms with Gasteiger partial charge in [-0.25, -0.2) is 0 Å². The van der Waals surface area contributed by atoms with Gasteiger partial charge >= 0.3 is 6.18 Å². The van der Waals surface area contributed by atoms with E-state index in [9.17, 15) is 18.0 Å². The van der Waals surface area contributed by atoms with E-state index < -0.39 is 11.7 Å². The first kappa shape index (κ1) is 17.3. The van der Waals surface area contributed by atoms with E-state index >= 15 is 0 Å². The Balaban J connectivity index is 1.75. The summed E-state index contributed by atoms with van der Waals surface area (Å²) in [6, 6.07) is 12.7. The third kappa shape index (κ3) is 4.13. The normalized spacial score (nSPS) is 18.7. The van der Waals surface area contributed by atoms with Crippen molar-refractivity contribution in [3.8, 4) is 0 Å². The molecule has 2 atom stereocenters. The van der Waals surface area contributed by atoms with Gasteiger partial charge in [-0.3, -0.25) is 4.79 Å². The molecule has 3 rings (SSSR count). The molecule has 2 unspecified atom stereocenters. The van der Waals surface area contributed by atoms with Crippen LogP contribution in [0.2, 0.25) is 0 Å². The first-order chi connectivity index (χ1) is 11.8. The maximum absolute atomic E-state index is 12.9. The van der Waals surface area contributed by atoms with E-state index in [4.69, 9.17) is 0 Å². The van der Waals surface area contributed by atoms with Crippen LogP contribution in [0.25, 0.3) is 0 Å². The third-order valence-electron chi connectivity index (χ3n) is 4.38. The quantitative estimate of drug-likeness (QED) is 0.831. The van der Waals surface area contributed by atoms with Gasteiger partial charge in [0.25, 0.3) is 0 Å². The number of halogens is 3. The minimum atomic E-state index is -4.35. The molecule has 25 heavy (non-hydrogen) atoms. The zero-order valence-corrected chi connectivity index (χ0v) is 13.7. The van der Waals surface area contributed by atoms with Gasteiger partial charge in [0.05, 0.1) is 11.6 Å². The number of nitrogens with one attached hydrogen (secondary N) is 2. The Morgan fingerprint density at radius 2 is 1.92 bits per heavy atom. The molecule has 1 aliphatic heterocycles. The minimum absolute atomic E-state index is 0.00175. The molecule has 2 N–H and O–H groups in total. The monoisotopic (exact) mass is 348 g/mol. The Morgan fingerprint density at radius 3 is 2.60 bits per heavy atom. The van der Waals surface area contributed by atoms with E-state index in [0.29, 0.717) is 12.0 Å². The van der Waals surface area contributed by atoms with Crippen LogP contribution in [0.1, 0.15) is 48.5 Å². The topological polar surface area (TPSA) is 41.1 Å². The van der Waals surface area contributed by atoms with E-state index in [-0.39, 0.29) is 18.0 Å². The zero-order chi connectivity index (χ0) is 18.0. The molecule has 132 valence electrons. The van der Waals surface area contributed by atoms with Gasteiger partial charge in [0.1, 0.15) is 0 Å². The number of rotatable bonds is 4. The molecular formula is C19H19F3N2O. The van der Waals surface area contributed by atoms with Crippen LogP contribution in [0.15, 0.2) is 48.5 Å². The van der Waals surface area contributed by atoms with Crippen molar-refractivity contribution in [1.29, 1.82) is 0 Å². The van der Waals surface area contributed by atoms with E-state index in [1.807, 2.05) is 31.2 Å². The molecule has 0 spiro atoms. The Kier molecular flexibility index (Phi) is 4.70. The van der Waals surface area contributed by atoms with Gasteiger partial charge in [-0.15, -0.1) is 0 Å². The van der Waals surface area contributed by atoms with Gasteiger partial charge in [-0.05, 0) is 48.7 Å². The number of benzene rings is 2. The molecule has 1 fully saturated rings.